The molecule has 8 aromatic rings. The lowest BCUT2D eigenvalue weighted by Crippen LogP contribution is -2.34. The molecule has 52 heavy (non-hydrogen) atoms. The third kappa shape index (κ3) is 7.19. The van der Waals surface area contributed by atoms with E-state index in [9.17, 15) is 0 Å². The second kappa shape index (κ2) is 15.7. The molecule has 0 saturated heterocycles. The minimum absolute atomic E-state index is 0.972. The quantitative estimate of drug-likeness (QED) is 0.0672. The molecular formula is C46H44N4S2+2. The summed E-state index contributed by atoms with van der Waals surface area (Å²) >= 11 is 0. The molecule has 0 spiro atoms. The highest BCUT2D eigenvalue weighted by atomic mass is 33.1. The Labute approximate surface area is 314 Å². The normalized spacial score (nSPS) is 12.1. The summed E-state index contributed by atoms with van der Waals surface area (Å²) in [5.74, 6) is 2.16. The molecule has 0 aliphatic rings. The van der Waals surface area contributed by atoms with E-state index in [-0.39, 0.29) is 0 Å². The monoisotopic (exact) mass is 716 g/mol. The number of hydrogen-bond donors (Lipinski definition) is 0. The van der Waals surface area contributed by atoms with Gasteiger partial charge in [0.1, 0.15) is 0 Å². The van der Waals surface area contributed by atoms with Crippen molar-refractivity contribution in [3.8, 4) is 0 Å². The van der Waals surface area contributed by atoms with Crippen LogP contribution in [0.4, 0.5) is 0 Å². The maximum atomic E-state index is 2.40. The van der Waals surface area contributed by atoms with Crippen molar-refractivity contribution in [3.05, 3.63) is 156 Å². The average Bonchev–Trinajstić information content (AvgIpc) is 3.69. The number of fused-ring (bicyclic) bond motifs is 6. The number of pyridine rings is 2. The molecule has 8 rings (SSSR count). The lowest BCUT2D eigenvalue weighted by Gasteiger charge is -2.03. The van der Waals surface area contributed by atoms with Crippen LogP contribution in [0.5, 0.6) is 0 Å². The van der Waals surface area contributed by atoms with Crippen LogP contribution in [-0.2, 0) is 26.2 Å². The zero-order valence-corrected chi connectivity index (χ0v) is 31.5. The van der Waals surface area contributed by atoms with Crippen molar-refractivity contribution >= 4 is 89.5 Å². The smallest absolute Gasteiger partial charge is 0.169 e. The summed E-state index contributed by atoms with van der Waals surface area (Å²) in [4.78, 5) is 0. The Bertz CT molecular complexity index is 2360. The highest BCUT2D eigenvalue weighted by molar-refractivity contribution is 8.76. The highest BCUT2D eigenvalue weighted by Crippen LogP contribution is 2.31. The molecule has 0 unspecified atom stereocenters. The molecule has 258 valence electrons. The molecule has 0 amide bonds. The summed E-state index contributed by atoms with van der Waals surface area (Å²) in [6, 6.07) is 39.9. The number of aryl methyl sites for hydroxylation is 4. The first-order chi connectivity index (χ1) is 25.7. The first-order valence-corrected chi connectivity index (χ1v) is 20.8. The molecule has 0 atom stereocenters. The largest absolute Gasteiger partial charge is 0.341 e. The summed E-state index contributed by atoms with van der Waals surface area (Å²) in [6.07, 6.45) is 17.6. The summed E-state index contributed by atoms with van der Waals surface area (Å²) < 4.78 is 9.35. The van der Waals surface area contributed by atoms with Gasteiger partial charge in [-0.3, -0.25) is 0 Å². The van der Waals surface area contributed by atoms with Gasteiger partial charge in [-0.2, -0.15) is 0 Å². The maximum absolute atomic E-state index is 2.40. The predicted molar refractivity (Wildman–Crippen MR) is 226 cm³/mol. The van der Waals surface area contributed by atoms with Gasteiger partial charge in [0.15, 0.2) is 37.9 Å². The molecule has 4 heterocycles. The second-order valence-corrected chi connectivity index (χ2v) is 15.8. The molecule has 0 aliphatic heterocycles. The predicted octanol–water partition coefficient (Wildman–Crippen LogP) is 10.9. The van der Waals surface area contributed by atoms with Crippen LogP contribution in [0, 0.1) is 0 Å². The van der Waals surface area contributed by atoms with Crippen LogP contribution in [0.2, 0.25) is 0 Å². The van der Waals surface area contributed by atoms with E-state index in [1.807, 2.05) is 21.6 Å². The second-order valence-electron chi connectivity index (χ2n) is 13.1. The van der Waals surface area contributed by atoms with Gasteiger partial charge in [-0.05, 0) is 72.5 Å². The van der Waals surface area contributed by atoms with Crippen LogP contribution in [-0.4, -0.2) is 20.6 Å². The molecule has 6 heteroatoms. The molecular weight excluding hydrogens is 673 g/mol. The number of aromatic nitrogens is 4. The number of rotatable bonds is 13. The van der Waals surface area contributed by atoms with Gasteiger partial charge >= 0.3 is 0 Å². The van der Waals surface area contributed by atoms with Gasteiger partial charge in [0.2, 0.25) is 0 Å². The van der Waals surface area contributed by atoms with Crippen molar-refractivity contribution in [2.75, 3.05) is 11.5 Å². The molecule has 0 aliphatic carbocycles. The summed E-state index contributed by atoms with van der Waals surface area (Å²) in [5.41, 5.74) is 10.1. The SMILES string of the molecule is CCn1c2ccccc2c2cc(/C=C/c3cc[n+](CCSSCC[n+]4ccc(/C=C/c5ccc6c(c5)c5ccccc5n6CC)cc4)cc3)ccc21. The van der Waals surface area contributed by atoms with Gasteiger partial charge in [0.25, 0.3) is 0 Å². The van der Waals surface area contributed by atoms with Crippen molar-refractivity contribution in [2.24, 2.45) is 0 Å². The Morgan fingerprint density at radius 1 is 0.442 bits per heavy atom. The molecule has 0 radical (unpaired) electrons. The standard InChI is InChI=1S/C46H44N4S2/c1-3-49-43-11-7-5-9-39(43)41-33-37(17-19-45(41)49)15-13-35-21-25-47(26-22-35)29-31-51-52-32-30-48-27-23-36(24-28-48)14-16-38-18-20-46-42(34-38)40-10-6-8-12-44(40)50(46)4-2/h5-28,33-34H,3-4,29-32H2,1-2H3/q+2. The van der Waals surface area contributed by atoms with Gasteiger partial charge in [-0.25, -0.2) is 9.13 Å². The fourth-order valence-electron chi connectivity index (χ4n) is 7.28. The van der Waals surface area contributed by atoms with Crippen LogP contribution >= 0.6 is 21.6 Å². The van der Waals surface area contributed by atoms with Crippen molar-refractivity contribution in [1.29, 1.82) is 0 Å². The highest BCUT2D eigenvalue weighted by Gasteiger charge is 2.11. The van der Waals surface area contributed by atoms with E-state index in [0.717, 1.165) is 37.7 Å². The number of benzene rings is 4. The first-order valence-electron chi connectivity index (χ1n) is 18.3. The zero-order valence-electron chi connectivity index (χ0n) is 29.9. The van der Waals surface area contributed by atoms with Gasteiger partial charge in [-0.15, -0.1) is 0 Å². The third-order valence-corrected chi connectivity index (χ3v) is 12.3. The topological polar surface area (TPSA) is 17.6 Å². The van der Waals surface area contributed by atoms with Crippen LogP contribution in [0.1, 0.15) is 36.1 Å². The van der Waals surface area contributed by atoms with Crippen molar-refractivity contribution in [2.45, 2.75) is 40.0 Å². The molecule has 4 nitrogen and oxygen atoms in total. The van der Waals surface area contributed by atoms with E-state index < -0.39 is 0 Å². The van der Waals surface area contributed by atoms with Crippen LogP contribution < -0.4 is 9.13 Å². The van der Waals surface area contributed by atoms with E-state index in [1.54, 1.807) is 0 Å². The lowest BCUT2D eigenvalue weighted by atomic mass is 10.1. The van der Waals surface area contributed by atoms with Gasteiger partial charge in [0.05, 0.1) is 11.5 Å². The molecule has 0 bridgehead atoms. The molecule has 0 saturated carbocycles. The van der Waals surface area contributed by atoms with E-state index in [1.165, 1.54) is 65.9 Å². The Balaban J connectivity index is 0.784. The Morgan fingerprint density at radius 3 is 1.25 bits per heavy atom. The number of nitrogens with zero attached hydrogens (tertiary/aromatic N) is 4. The van der Waals surface area contributed by atoms with Crippen molar-refractivity contribution < 1.29 is 9.13 Å². The van der Waals surface area contributed by atoms with E-state index in [2.05, 4.69) is 190 Å². The van der Waals surface area contributed by atoms with Gasteiger partial charge in [-0.1, -0.05) is 94.4 Å². The molecule has 0 N–H and O–H groups in total. The molecule has 4 aromatic carbocycles. The van der Waals surface area contributed by atoms with Crippen molar-refractivity contribution in [1.82, 2.24) is 9.13 Å². The van der Waals surface area contributed by atoms with Crippen LogP contribution in [0.25, 0.3) is 67.9 Å². The number of hydrogen-bond acceptors (Lipinski definition) is 2. The van der Waals surface area contributed by atoms with Crippen molar-refractivity contribution in [3.63, 3.8) is 0 Å². The molecule has 0 fully saturated rings. The Kier molecular flexibility index (Phi) is 10.3. The zero-order chi connectivity index (χ0) is 35.3. The van der Waals surface area contributed by atoms with E-state index >= 15 is 0 Å². The molecule has 4 aromatic heterocycles. The third-order valence-electron chi connectivity index (χ3n) is 9.94. The fourth-order valence-corrected chi connectivity index (χ4v) is 9.24. The summed E-state index contributed by atoms with van der Waals surface area (Å²) in [7, 11) is 3.90. The summed E-state index contributed by atoms with van der Waals surface area (Å²) in [6.45, 7) is 8.38. The van der Waals surface area contributed by atoms with Gasteiger partial charge < -0.3 is 9.13 Å². The Morgan fingerprint density at radius 2 is 0.827 bits per heavy atom. The lowest BCUT2D eigenvalue weighted by molar-refractivity contribution is -0.692. The summed E-state index contributed by atoms with van der Waals surface area (Å²) in [5, 5.41) is 5.29. The Hall–Kier alpha value is -5.04. The fraction of sp³-hybridized carbons (Fsp3) is 0.174. The number of para-hydroxylation sites is 2. The average molecular weight is 717 g/mol. The van der Waals surface area contributed by atoms with E-state index in [0.29, 0.717) is 0 Å². The first kappa shape index (κ1) is 34.1. The van der Waals surface area contributed by atoms with E-state index in [4.69, 9.17) is 0 Å². The van der Waals surface area contributed by atoms with Crippen LogP contribution in [0.15, 0.2) is 134 Å². The minimum atomic E-state index is 0.972. The van der Waals surface area contributed by atoms with Gasteiger partial charge in [0, 0.05) is 81.0 Å². The van der Waals surface area contributed by atoms with Crippen LogP contribution in [0.3, 0.4) is 0 Å². The minimum Gasteiger partial charge on any atom is -0.341 e. The maximum Gasteiger partial charge on any atom is 0.169 e.